The number of allylic oxidation sites excluding steroid dienone is 1. The lowest BCUT2D eigenvalue weighted by atomic mass is 9.41. The van der Waals surface area contributed by atoms with Crippen LogP contribution in [0.2, 0.25) is 0 Å². The molecule has 3 aliphatic rings. The average molecular weight is 445 g/mol. The summed E-state index contributed by atoms with van der Waals surface area (Å²) in [5, 5.41) is 32.0. The van der Waals surface area contributed by atoms with Crippen LogP contribution >= 0.6 is 0 Å². The van der Waals surface area contributed by atoms with Gasteiger partial charge in [-0.2, -0.15) is 0 Å². The Kier molecular flexibility index (Phi) is 6.03. The number of phenols is 1. The molecule has 0 heterocycles. The Labute approximate surface area is 192 Å². The maximum absolute atomic E-state index is 15.0. The first-order valence-electron chi connectivity index (χ1n) is 12.4. The average Bonchev–Trinajstić information content (AvgIpc) is 2.97. The molecule has 178 valence electrons. The Morgan fingerprint density at radius 3 is 2.56 bits per heavy atom. The maximum Gasteiger partial charge on any atom is 0.115 e. The lowest BCUT2D eigenvalue weighted by Gasteiger charge is -2.63. The van der Waals surface area contributed by atoms with Crippen molar-refractivity contribution < 1.29 is 19.7 Å². The molecule has 3 N–H and O–H groups in total. The van der Waals surface area contributed by atoms with Crippen LogP contribution in [0.25, 0.3) is 0 Å². The van der Waals surface area contributed by atoms with E-state index in [1.165, 1.54) is 0 Å². The number of hydrogen-bond acceptors (Lipinski definition) is 3. The van der Waals surface area contributed by atoms with Gasteiger partial charge in [0.1, 0.15) is 5.75 Å². The summed E-state index contributed by atoms with van der Waals surface area (Å²) in [6.07, 6.45) is 5.79. The van der Waals surface area contributed by atoms with E-state index in [0.717, 1.165) is 48.8 Å². The van der Waals surface area contributed by atoms with Crippen molar-refractivity contribution >= 4 is 0 Å². The topological polar surface area (TPSA) is 60.7 Å². The molecule has 2 unspecified atom stereocenters. The van der Waals surface area contributed by atoms with E-state index in [-0.39, 0.29) is 22.5 Å². The van der Waals surface area contributed by atoms with E-state index in [2.05, 4.69) is 20.8 Å². The van der Waals surface area contributed by atoms with Crippen molar-refractivity contribution in [3.63, 3.8) is 0 Å². The standard InChI is InChI=1S/C28H41FO3/c1-17(2)12-21(31)13-18(3)22-8-9-27(5)25-24(32)15-19-14-20(30)6-7-23(19)28(25,16-29)11-10-26(22,27)4/h6-7,12,14,18,21-22,24-25,30-32H,8-11,13,15-16H2,1-5H3/t18-,21?,22-,24+,25?,26-,27+,28-/m1/s1. The second-order valence-corrected chi connectivity index (χ2v) is 11.9. The second-order valence-electron chi connectivity index (χ2n) is 11.9. The number of aliphatic hydroxyl groups excluding tert-OH is 2. The molecule has 0 radical (unpaired) electrons. The minimum atomic E-state index is -0.686. The monoisotopic (exact) mass is 444 g/mol. The summed E-state index contributed by atoms with van der Waals surface area (Å²) < 4.78 is 15.0. The van der Waals surface area contributed by atoms with Crippen LogP contribution in [-0.4, -0.2) is 34.2 Å². The SMILES string of the molecule is CC(C)=CC(O)C[C@@H](C)[C@H]1CC[C@@]2(C)C3[C@@H](O)Cc4cc(O)ccc4[C@]3(CF)CC[C@]12C. The summed E-state index contributed by atoms with van der Waals surface area (Å²) in [7, 11) is 0. The number of phenolic OH excluding ortho intramolecular Hbond substituents is 1. The lowest BCUT2D eigenvalue weighted by molar-refractivity contribution is -0.146. The van der Waals surface area contributed by atoms with Crippen LogP contribution in [-0.2, 0) is 11.8 Å². The van der Waals surface area contributed by atoms with E-state index in [9.17, 15) is 15.3 Å². The van der Waals surface area contributed by atoms with E-state index < -0.39 is 24.3 Å². The van der Waals surface area contributed by atoms with Crippen molar-refractivity contribution in [3.8, 4) is 5.75 Å². The van der Waals surface area contributed by atoms with Gasteiger partial charge < -0.3 is 15.3 Å². The highest BCUT2D eigenvalue weighted by Gasteiger charge is 2.68. The Morgan fingerprint density at radius 2 is 1.91 bits per heavy atom. The first-order valence-corrected chi connectivity index (χ1v) is 12.4. The molecule has 0 bridgehead atoms. The number of rotatable bonds is 5. The van der Waals surface area contributed by atoms with Gasteiger partial charge >= 0.3 is 0 Å². The Hall–Kier alpha value is -1.39. The third kappa shape index (κ3) is 3.36. The Morgan fingerprint density at radius 1 is 1.19 bits per heavy atom. The molecule has 0 amide bonds. The van der Waals surface area contributed by atoms with E-state index >= 15 is 4.39 Å². The summed E-state index contributed by atoms with van der Waals surface area (Å²) in [6.45, 7) is 10.5. The summed E-state index contributed by atoms with van der Waals surface area (Å²) in [5.74, 6) is 0.838. The summed E-state index contributed by atoms with van der Waals surface area (Å²) >= 11 is 0. The lowest BCUT2D eigenvalue weighted by Crippen LogP contribution is -2.63. The quantitative estimate of drug-likeness (QED) is 0.510. The zero-order valence-electron chi connectivity index (χ0n) is 20.4. The fourth-order valence-electron chi connectivity index (χ4n) is 8.52. The summed E-state index contributed by atoms with van der Waals surface area (Å²) in [4.78, 5) is 0. The molecule has 0 aromatic heterocycles. The van der Waals surface area contributed by atoms with Gasteiger partial charge in [0.05, 0.1) is 18.9 Å². The Bertz CT molecular complexity index is 893. The van der Waals surface area contributed by atoms with Crippen LogP contribution in [0, 0.1) is 28.6 Å². The second kappa shape index (κ2) is 8.13. The van der Waals surface area contributed by atoms with E-state index in [1.807, 2.05) is 26.0 Å². The molecule has 3 aliphatic carbocycles. The van der Waals surface area contributed by atoms with Crippen LogP contribution < -0.4 is 0 Å². The van der Waals surface area contributed by atoms with Crippen LogP contribution in [0.4, 0.5) is 4.39 Å². The number of benzene rings is 1. The van der Waals surface area contributed by atoms with Gasteiger partial charge in [0, 0.05) is 11.3 Å². The number of aliphatic hydroxyl groups is 2. The fourth-order valence-corrected chi connectivity index (χ4v) is 8.52. The first kappa shape index (κ1) is 23.8. The number of halogens is 1. The van der Waals surface area contributed by atoms with Gasteiger partial charge in [0.25, 0.3) is 0 Å². The van der Waals surface area contributed by atoms with Crippen LogP contribution in [0.15, 0.2) is 29.8 Å². The summed E-state index contributed by atoms with van der Waals surface area (Å²) in [6, 6.07) is 5.29. The van der Waals surface area contributed by atoms with Gasteiger partial charge in [0.2, 0.25) is 0 Å². The molecule has 4 heteroatoms. The van der Waals surface area contributed by atoms with Gasteiger partial charge in [-0.25, -0.2) is 0 Å². The Balaban J connectivity index is 1.71. The molecule has 3 nitrogen and oxygen atoms in total. The molecule has 2 fully saturated rings. The largest absolute Gasteiger partial charge is 0.508 e. The third-order valence-electron chi connectivity index (χ3n) is 9.97. The summed E-state index contributed by atoms with van der Waals surface area (Å²) in [5.41, 5.74) is 2.16. The molecule has 8 atom stereocenters. The van der Waals surface area contributed by atoms with Crippen molar-refractivity contribution in [2.45, 2.75) is 90.8 Å². The highest BCUT2D eigenvalue weighted by molar-refractivity contribution is 5.45. The number of hydrogen-bond donors (Lipinski definition) is 3. The molecule has 32 heavy (non-hydrogen) atoms. The molecule has 0 spiro atoms. The van der Waals surface area contributed by atoms with Crippen molar-refractivity contribution in [2.24, 2.45) is 28.6 Å². The van der Waals surface area contributed by atoms with Gasteiger partial charge in [-0.1, -0.05) is 38.5 Å². The van der Waals surface area contributed by atoms with Crippen LogP contribution in [0.5, 0.6) is 5.75 Å². The zero-order chi connectivity index (χ0) is 23.5. The molecule has 4 rings (SSSR count). The normalized spacial score (nSPS) is 40.1. The molecule has 2 saturated carbocycles. The van der Waals surface area contributed by atoms with Gasteiger partial charge in [0.15, 0.2) is 0 Å². The first-order chi connectivity index (χ1) is 15.0. The fraction of sp³-hybridized carbons (Fsp3) is 0.714. The van der Waals surface area contributed by atoms with Crippen molar-refractivity contribution in [1.82, 2.24) is 0 Å². The molecule has 0 aliphatic heterocycles. The number of alkyl halides is 1. The highest BCUT2D eigenvalue weighted by Crippen LogP contribution is 2.72. The van der Waals surface area contributed by atoms with E-state index in [1.54, 1.807) is 12.1 Å². The molecule has 1 aromatic rings. The van der Waals surface area contributed by atoms with Crippen LogP contribution in [0.1, 0.15) is 77.8 Å². The third-order valence-corrected chi connectivity index (χ3v) is 9.97. The predicted molar refractivity (Wildman–Crippen MR) is 126 cm³/mol. The molecule has 0 saturated heterocycles. The minimum Gasteiger partial charge on any atom is -0.508 e. The highest BCUT2D eigenvalue weighted by atomic mass is 19.1. The van der Waals surface area contributed by atoms with Gasteiger partial charge in [-0.05, 0) is 98.3 Å². The minimum absolute atomic E-state index is 0.00412. The van der Waals surface area contributed by atoms with Crippen LogP contribution in [0.3, 0.4) is 0 Å². The van der Waals surface area contributed by atoms with Crippen molar-refractivity contribution in [1.29, 1.82) is 0 Å². The maximum atomic E-state index is 15.0. The predicted octanol–water partition coefficient (Wildman–Crippen LogP) is 5.70. The zero-order valence-corrected chi connectivity index (χ0v) is 20.4. The van der Waals surface area contributed by atoms with Gasteiger partial charge in [-0.3, -0.25) is 4.39 Å². The van der Waals surface area contributed by atoms with Gasteiger partial charge in [-0.15, -0.1) is 0 Å². The molecular weight excluding hydrogens is 403 g/mol. The molecular formula is C28H41FO3. The van der Waals surface area contributed by atoms with Crippen molar-refractivity contribution in [3.05, 3.63) is 41.0 Å². The number of aromatic hydroxyl groups is 1. The van der Waals surface area contributed by atoms with E-state index in [4.69, 9.17) is 0 Å². The molecule has 1 aromatic carbocycles. The van der Waals surface area contributed by atoms with Crippen molar-refractivity contribution in [2.75, 3.05) is 6.67 Å². The number of fused-ring (bicyclic) bond motifs is 5. The smallest absolute Gasteiger partial charge is 0.115 e. The van der Waals surface area contributed by atoms with E-state index in [0.29, 0.717) is 18.3 Å².